The van der Waals surface area contributed by atoms with Crippen LogP contribution in [0.1, 0.15) is 31.2 Å². The van der Waals surface area contributed by atoms with Crippen molar-refractivity contribution >= 4 is 21.4 Å². The molecule has 0 saturated heterocycles. The van der Waals surface area contributed by atoms with Gasteiger partial charge in [0.15, 0.2) is 21.4 Å². The molecule has 0 radical (unpaired) electrons. The Morgan fingerprint density at radius 2 is 1.79 bits per heavy atom. The molecule has 8 heteroatoms. The van der Waals surface area contributed by atoms with Gasteiger partial charge in [0.1, 0.15) is 10.6 Å². The summed E-state index contributed by atoms with van der Waals surface area (Å²) in [4.78, 5) is -0.0187. The van der Waals surface area contributed by atoms with Crippen LogP contribution in [0.5, 0.6) is 5.75 Å². The number of ether oxygens (including phenoxy) is 1. The molecule has 150 valence electrons. The number of hydrogen-bond donors (Lipinski definition) is 1. The largest absolute Gasteiger partial charge is 0.490 e. The lowest BCUT2D eigenvalue weighted by Crippen LogP contribution is -2.49. The average Bonchev–Trinajstić information content (AvgIpc) is 2.83. The van der Waals surface area contributed by atoms with E-state index >= 15 is 4.39 Å². The Bertz CT molecular complexity index is 1010. The van der Waals surface area contributed by atoms with Crippen LogP contribution in [-0.4, -0.2) is 26.2 Å². The summed E-state index contributed by atoms with van der Waals surface area (Å²) < 4.78 is 61.0. The monoisotopic (exact) mass is 428 g/mol. The molecule has 4 rings (SSSR count). The Balaban J connectivity index is 2.03. The van der Waals surface area contributed by atoms with Gasteiger partial charge in [0.25, 0.3) is 0 Å². The minimum Gasteiger partial charge on any atom is -0.490 e. The number of fused-ring (bicyclic) bond motifs is 3. The second-order valence-electron chi connectivity index (χ2n) is 7.37. The maximum atomic E-state index is 15.0. The third kappa shape index (κ3) is 2.83. The van der Waals surface area contributed by atoms with E-state index < -0.39 is 38.2 Å². The molecule has 0 aromatic heterocycles. The van der Waals surface area contributed by atoms with E-state index in [1.54, 1.807) is 0 Å². The Morgan fingerprint density at radius 3 is 2.50 bits per heavy atom. The zero-order valence-electron chi connectivity index (χ0n) is 14.9. The van der Waals surface area contributed by atoms with E-state index in [0.717, 1.165) is 12.1 Å². The molecule has 28 heavy (non-hydrogen) atoms. The Morgan fingerprint density at radius 1 is 1.11 bits per heavy atom. The van der Waals surface area contributed by atoms with Gasteiger partial charge in [-0.15, -0.1) is 0 Å². The highest BCUT2D eigenvalue weighted by Gasteiger charge is 2.58. The summed E-state index contributed by atoms with van der Waals surface area (Å²) in [6.45, 7) is -0.114. The van der Waals surface area contributed by atoms with Gasteiger partial charge in [0.05, 0.1) is 23.2 Å². The van der Waals surface area contributed by atoms with Crippen LogP contribution in [0.15, 0.2) is 41.3 Å². The molecule has 0 spiro atoms. The molecule has 1 aliphatic carbocycles. The molecule has 1 aliphatic heterocycles. The zero-order valence-corrected chi connectivity index (χ0v) is 16.4. The van der Waals surface area contributed by atoms with Gasteiger partial charge in [-0.1, -0.05) is 11.6 Å². The van der Waals surface area contributed by atoms with Crippen molar-refractivity contribution in [2.24, 2.45) is 5.92 Å². The molecule has 1 heterocycles. The molecular weight excluding hydrogens is 410 g/mol. The summed E-state index contributed by atoms with van der Waals surface area (Å²) in [6, 6.07) is 7.51. The van der Waals surface area contributed by atoms with Crippen LogP contribution in [0.4, 0.5) is 8.78 Å². The molecule has 4 nitrogen and oxygen atoms in total. The minimum atomic E-state index is -4.16. The highest BCUT2D eigenvalue weighted by molar-refractivity contribution is 7.92. The van der Waals surface area contributed by atoms with E-state index in [4.69, 9.17) is 16.3 Å². The third-order valence-electron chi connectivity index (χ3n) is 5.82. The fraction of sp³-hybridized carbons (Fsp3) is 0.400. The lowest BCUT2D eigenvalue weighted by Gasteiger charge is -2.44. The van der Waals surface area contributed by atoms with Crippen molar-refractivity contribution in [2.45, 2.75) is 41.4 Å². The summed E-state index contributed by atoms with van der Waals surface area (Å²) in [7, 11) is -4.16. The molecule has 1 fully saturated rings. The lowest BCUT2D eigenvalue weighted by molar-refractivity contribution is 0.0975. The second-order valence-corrected chi connectivity index (χ2v) is 10.0. The maximum absolute atomic E-state index is 15.0. The summed E-state index contributed by atoms with van der Waals surface area (Å²) in [5.41, 5.74) is -0.271. The molecule has 1 N–H and O–H groups in total. The van der Waals surface area contributed by atoms with Gasteiger partial charge >= 0.3 is 0 Å². The van der Waals surface area contributed by atoms with Crippen LogP contribution in [0.2, 0.25) is 5.02 Å². The highest BCUT2D eigenvalue weighted by atomic mass is 35.5. The van der Waals surface area contributed by atoms with E-state index in [2.05, 4.69) is 0 Å². The van der Waals surface area contributed by atoms with Crippen molar-refractivity contribution in [2.75, 3.05) is 6.61 Å². The van der Waals surface area contributed by atoms with Gasteiger partial charge in [-0.05, 0) is 62.1 Å². The Labute approximate surface area is 167 Å². The lowest BCUT2D eigenvalue weighted by atomic mass is 9.79. The van der Waals surface area contributed by atoms with Crippen molar-refractivity contribution in [3.63, 3.8) is 0 Å². The first-order valence-corrected chi connectivity index (χ1v) is 10.9. The first-order valence-electron chi connectivity index (χ1n) is 9.07. The molecular formula is C20H19ClF2O4S. The topological polar surface area (TPSA) is 63.6 Å². The molecule has 0 amide bonds. The first-order chi connectivity index (χ1) is 13.3. The van der Waals surface area contributed by atoms with Crippen LogP contribution < -0.4 is 4.74 Å². The molecule has 1 saturated carbocycles. The highest BCUT2D eigenvalue weighted by Crippen LogP contribution is 2.55. The van der Waals surface area contributed by atoms with Crippen molar-refractivity contribution < 1.29 is 27.0 Å². The van der Waals surface area contributed by atoms with E-state index in [1.807, 2.05) is 0 Å². The normalized spacial score (nSPS) is 27.3. The van der Waals surface area contributed by atoms with Crippen LogP contribution in [0, 0.1) is 17.6 Å². The van der Waals surface area contributed by atoms with Gasteiger partial charge in [0.2, 0.25) is 0 Å². The van der Waals surface area contributed by atoms with E-state index in [1.165, 1.54) is 24.3 Å². The fourth-order valence-electron chi connectivity index (χ4n) is 4.54. The van der Waals surface area contributed by atoms with Crippen molar-refractivity contribution in [1.29, 1.82) is 0 Å². The second kappa shape index (κ2) is 6.97. The molecule has 3 atom stereocenters. The Hall–Kier alpha value is -1.70. The van der Waals surface area contributed by atoms with E-state index in [-0.39, 0.29) is 35.7 Å². The molecule has 2 aromatic carbocycles. The zero-order chi connectivity index (χ0) is 20.1. The summed E-state index contributed by atoms with van der Waals surface area (Å²) in [6.07, 6.45) is 0.216. The number of sulfone groups is 1. The number of rotatable bonds is 2. The predicted molar refractivity (Wildman–Crippen MR) is 100 cm³/mol. The maximum Gasteiger partial charge on any atom is 0.188 e. The smallest absolute Gasteiger partial charge is 0.188 e. The molecule has 0 bridgehead atoms. The third-order valence-corrected chi connectivity index (χ3v) is 8.66. The molecule has 0 unspecified atom stereocenters. The summed E-state index contributed by atoms with van der Waals surface area (Å²) in [5.74, 6) is -2.69. The van der Waals surface area contributed by atoms with Crippen LogP contribution >= 0.6 is 11.6 Å². The molecule has 2 aliphatic rings. The van der Waals surface area contributed by atoms with Crippen molar-refractivity contribution in [1.82, 2.24) is 0 Å². The fourth-order valence-corrected chi connectivity index (χ4v) is 7.05. The average molecular weight is 429 g/mol. The van der Waals surface area contributed by atoms with Crippen LogP contribution in [-0.2, 0) is 14.6 Å². The summed E-state index contributed by atoms with van der Waals surface area (Å²) >= 11 is 5.90. The number of hydrogen-bond acceptors (Lipinski definition) is 4. The summed E-state index contributed by atoms with van der Waals surface area (Å²) in [5, 5.41) is 10.6. The van der Waals surface area contributed by atoms with Gasteiger partial charge in [0, 0.05) is 10.9 Å². The van der Waals surface area contributed by atoms with Gasteiger partial charge in [-0.25, -0.2) is 17.2 Å². The standard InChI is InChI=1S/C20H19ClF2O4S/c21-13-3-5-15(6-4-13)28(25,26)20-9-1-2-14(24)10-12(20)11-27-19-17(23)8-7-16(22)18(19)20/h3-8,12,14,24H,1-2,9-11H2/t12-,14+,20+/m1/s1. The van der Waals surface area contributed by atoms with Crippen LogP contribution in [0.3, 0.4) is 0 Å². The Kier molecular flexibility index (Phi) is 4.88. The number of benzene rings is 2. The SMILES string of the molecule is O=S(=O)(c1ccc(Cl)cc1)[C@@]12CCC[C@H](O)C[C@@H]1COc1c(F)ccc(F)c12. The van der Waals surface area contributed by atoms with Crippen molar-refractivity contribution in [3.05, 3.63) is 58.6 Å². The van der Waals surface area contributed by atoms with Gasteiger partial charge in [-0.2, -0.15) is 0 Å². The number of aliphatic hydroxyl groups is 1. The molecule has 2 aromatic rings. The van der Waals surface area contributed by atoms with Crippen molar-refractivity contribution in [3.8, 4) is 5.75 Å². The van der Waals surface area contributed by atoms with E-state index in [0.29, 0.717) is 17.9 Å². The predicted octanol–water partition coefficient (Wildman–Crippen LogP) is 4.23. The van der Waals surface area contributed by atoms with E-state index in [9.17, 15) is 17.9 Å². The quantitative estimate of drug-likeness (QED) is 0.777. The number of aliphatic hydroxyl groups excluding tert-OH is 1. The minimum absolute atomic E-state index is 0.0187. The van der Waals surface area contributed by atoms with Gasteiger partial charge in [-0.3, -0.25) is 0 Å². The number of halogens is 3. The first kappa shape index (κ1) is 19.6. The van der Waals surface area contributed by atoms with Gasteiger partial charge < -0.3 is 9.84 Å². The van der Waals surface area contributed by atoms with Crippen LogP contribution in [0.25, 0.3) is 0 Å².